The van der Waals surface area contributed by atoms with E-state index in [2.05, 4.69) is 27.5 Å². The molecule has 0 saturated carbocycles. The summed E-state index contributed by atoms with van der Waals surface area (Å²) in [4.78, 5) is 15.5. The molecule has 0 unspecified atom stereocenters. The lowest BCUT2D eigenvalue weighted by atomic mass is 9.91. The van der Waals surface area contributed by atoms with Crippen LogP contribution >= 0.6 is 23.2 Å². The SMILES string of the molecule is Cc1nc(N2CCC(C)([NH3+])CC2)c(CO)nc1-c1ccnc(Cl)c1Cl. The number of quaternary nitrogens is 1. The summed E-state index contributed by atoms with van der Waals surface area (Å²) in [7, 11) is 0. The van der Waals surface area contributed by atoms with Crippen molar-refractivity contribution in [3.8, 4) is 11.3 Å². The van der Waals surface area contributed by atoms with Crippen molar-refractivity contribution < 1.29 is 10.8 Å². The Labute approximate surface area is 157 Å². The Hall–Kier alpha value is -1.47. The standard InChI is InChI=1S/C17H21Cl2N5O/c1-10-14(11-3-6-21-15(19)13(11)18)23-12(9-25)16(22-10)24-7-4-17(2,20)5-8-24/h3,6,25H,4-5,7-9,20H2,1-2H3/p+1. The molecular weight excluding hydrogens is 361 g/mol. The number of pyridine rings is 1. The van der Waals surface area contributed by atoms with Crippen molar-refractivity contribution in [1.82, 2.24) is 15.0 Å². The number of halogens is 2. The highest BCUT2D eigenvalue weighted by molar-refractivity contribution is 6.42. The molecule has 3 heterocycles. The molecule has 0 amide bonds. The molecular formula is C17H22Cl2N5O+. The molecule has 4 N–H and O–H groups in total. The van der Waals surface area contributed by atoms with Gasteiger partial charge in [-0.25, -0.2) is 15.0 Å². The molecule has 0 aliphatic carbocycles. The number of hydrogen-bond acceptors (Lipinski definition) is 5. The molecule has 1 fully saturated rings. The minimum absolute atomic E-state index is 0.0968. The van der Waals surface area contributed by atoms with Gasteiger partial charge in [-0.1, -0.05) is 23.2 Å². The molecule has 0 radical (unpaired) electrons. The third-order valence-electron chi connectivity index (χ3n) is 4.64. The maximum absolute atomic E-state index is 9.82. The van der Waals surface area contributed by atoms with Crippen LogP contribution < -0.4 is 10.6 Å². The van der Waals surface area contributed by atoms with Crippen LogP contribution in [0.4, 0.5) is 5.82 Å². The van der Waals surface area contributed by atoms with Gasteiger partial charge in [0.05, 0.1) is 28.6 Å². The lowest BCUT2D eigenvalue weighted by molar-refractivity contribution is -0.475. The number of anilines is 1. The highest BCUT2D eigenvalue weighted by Crippen LogP contribution is 2.34. The molecule has 1 aliphatic heterocycles. The Balaban J connectivity index is 2.01. The molecule has 2 aromatic rings. The van der Waals surface area contributed by atoms with Gasteiger partial charge in [-0.15, -0.1) is 0 Å². The van der Waals surface area contributed by atoms with Gasteiger partial charge in [-0.2, -0.15) is 0 Å². The zero-order valence-electron chi connectivity index (χ0n) is 14.4. The van der Waals surface area contributed by atoms with Crippen LogP contribution in [0.2, 0.25) is 10.2 Å². The van der Waals surface area contributed by atoms with E-state index in [9.17, 15) is 5.11 Å². The first-order chi connectivity index (χ1) is 11.8. The summed E-state index contributed by atoms with van der Waals surface area (Å²) in [6.07, 6.45) is 3.54. The fraction of sp³-hybridized carbons (Fsp3) is 0.471. The normalized spacial score (nSPS) is 17.0. The first-order valence-electron chi connectivity index (χ1n) is 8.21. The Bertz CT molecular complexity index is 787. The number of nitrogens with zero attached hydrogens (tertiary/aromatic N) is 4. The van der Waals surface area contributed by atoms with Crippen molar-refractivity contribution >= 4 is 29.0 Å². The van der Waals surface area contributed by atoms with Crippen LogP contribution in [0.3, 0.4) is 0 Å². The van der Waals surface area contributed by atoms with Crippen molar-refractivity contribution in [3.63, 3.8) is 0 Å². The smallest absolute Gasteiger partial charge is 0.153 e. The fourth-order valence-corrected chi connectivity index (χ4v) is 3.38. The maximum Gasteiger partial charge on any atom is 0.153 e. The van der Waals surface area contributed by atoms with E-state index in [1.54, 1.807) is 12.3 Å². The van der Waals surface area contributed by atoms with Gasteiger partial charge in [0, 0.05) is 37.7 Å². The highest BCUT2D eigenvalue weighted by Gasteiger charge is 2.31. The van der Waals surface area contributed by atoms with Crippen LogP contribution in [-0.2, 0) is 6.61 Å². The van der Waals surface area contributed by atoms with E-state index in [4.69, 9.17) is 28.2 Å². The highest BCUT2D eigenvalue weighted by atomic mass is 35.5. The number of aliphatic hydroxyl groups is 1. The summed E-state index contributed by atoms with van der Waals surface area (Å²) in [6, 6.07) is 1.75. The van der Waals surface area contributed by atoms with Gasteiger partial charge in [-0.3, -0.25) is 0 Å². The fourth-order valence-electron chi connectivity index (χ4n) is 3.02. The number of rotatable bonds is 3. The average Bonchev–Trinajstić information content (AvgIpc) is 2.57. The van der Waals surface area contributed by atoms with Gasteiger partial charge in [0.25, 0.3) is 0 Å². The quantitative estimate of drug-likeness (QED) is 0.794. The van der Waals surface area contributed by atoms with E-state index in [1.807, 2.05) is 6.92 Å². The molecule has 1 saturated heterocycles. The van der Waals surface area contributed by atoms with Crippen molar-refractivity contribution in [2.45, 2.75) is 38.8 Å². The Morgan fingerprint density at radius 3 is 2.60 bits per heavy atom. The van der Waals surface area contributed by atoms with Crippen molar-refractivity contribution in [2.24, 2.45) is 0 Å². The van der Waals surface area contributed by atoms with E-state index in [0.29, 0.717) is 22.0 Å². The summed E-state index contributed by atoms with van der Waals surface area (Å²) in [5, 5.41) is 10.4. The third kappa shape index (κ3) is 3.72. The molecule has 0 bridgehead atoms. The second-order valence-corrected chi connectivity index (χ2v) is 7.58. The van der Waals surface area contributed by atoms with Gasteiger partial charge in [0.1, 0.15) is 10.8 Å². The topological polar surface area (TPSA) is 89.8 Å². The van der Waals surface area contributed by atoms with Gasteiger partial charge >= 0.3 is 0 Å². The lowest BCUT2D eigenvalue weighted by Gasteiger charge is -2.35. The number of hydrogen-bond donors (Lipinski definition) is 2. The van der Waals surface area contributed by atoms with Crippen LogP contribution in [0.1, 0.15) is 31.2 Å². The summed E-state index contributed by atoms with van der Waals surface area (Å²) in [5.41, 5.74) is 6.89. The predicted molar refractivity (Wildman–Crippen MR) is 98.7 cm³/mol. The minimum Gasteiger partial charge on any atom is -0.390 e. The van der Waals surface area contributed by atoms with E-state index in [-0.39, 0.29) is 17.3 Å². The second-order valence-electron chi connectivity index (χ2n) is 6.85. The van der Waals surface area contributed by atoms with Crippen LogP contribution in [-0.4, -0.2) is 38.7 Å². The zero-order chi connectivity index (χ0) is 18.2. The van der Waals surface area contributed by atoms with E-state index in [1.165, 1.54) is 0 Å². The molecule has 6 nitrogen and oxygen atoms in total. The van der Waals surface area contributed by atoms with Crippen LogP contribution in [0, 0.1) is 6.92 Å². The summed E-state index contributed by atoms with van der Waals surface area (Å²) >= 11 is 12.3. The number of aryl methyl sites for hydroxylation is 1. The number of aromatic nitrogens is 3. The van der Waals surface area contributed by atoms with Gasteiger partial charge < -0.3 is 15.7 Å². The predicted octanol–water partition coefficient (Wildman–Crippen LogP) is 2.25. The van der Waals surface area contributed by atoms with Gasteiger partial charge in [0.15, 0.2) is 5.82 Å². The first kappa shape index (κ1) is 18.3. The van der Waals surface area contributed by atoms with E-state index in [0.717, 1.165) is 37.4 Å². The van der Waals surface area contributed by atoms with Gasteiger partial charge in [0.2, 0.25) is 0 Å². The average molecular weight is 383 g/mol. The number of aliphatic hydroxyl groups excluding tert-OH is 1. The molecule has 0 aromatic carbocycles. The zero-order valence-corrected chi connectivity index (χ0v) is 15.9. The molecule has 3 rings (SSSR count). The van der Waals surface area contributed by atoms with Crippen molar-refractivity contribution in [2.75, 3.05) is 18.0 Å². The van der Waals surface area contributed by atoms with E-state index < -0.39 is 0 Å². The second kappa shape index (κ2) is 7.03. The molecule has 134 valence electrons. The third-order valence-corrected chi connectivity index (χ3v) is 5.41. The molecule has 1 aliphatic rings. The van der Waals surface area contributed by atoms with E-state index >= 15 is 0 Å². The van der Waals surface area contributed by atoms with Crippen molar-refractivity contribution in [3.05, 3.63) is 33.8 Å². The van der Waals surface area contributed by atoms with Crippen molar-refractivity contribution in [1.29, 1.82) is 0 Å². The van der Waals surface area contributed by atoms with Crippen LogP contribution in [0.5, 0.6) is 0 Å². The molecule has 25 heavy (non-hydrogen) atoms. The Morgan fingerprint density at radius 2 is 1.96 bits per heavy atom. The van der Waals surface area contributed by atoms with Gasteiger partial charge in [-0.05, 0) is 19.9 Å². The molecule has 0 atom stereocenters. The Morgan fingerprint density at radius 1 is 1.28 bits per heavy atom. The Kier molecular flexibility index (Phi) is 5.16. The first-order valence-corrected chi connectivity index (χ1v) is 8.97. The lowest BCUT2D eigenvalue weighted by Crippen LogP contribution is -2.73. The summed E-state index contributed by atoms with van der Waals surface area (Å²) in [6.45, 7) is 5.56. The largest absolute Gasteiger partial charge is 0.390 e. The summed E-state index contributed by atoms with van der Waals surface area (Å²) < 4.78 is 0. The molecule has 0 spiro atoms. The number of piperidine rings is 1. The maximum atomic E-state index is 9.82. The molecule has 8 heteroatoms. The summed E-state index contributed by atoms with van der Waals surface area (Å²) in [5.74, 6) is 0.732. The van der Waals surface area contributed by atoms with Crippen LogP contribution in [0.25, 0.3) is 11.3 Å². The molecule has 2 aromatic heterocycles. The van der Waals surface area contributed by atoms with Crippen LogP contribution in [0.15, 0.2) is 12.3 Å². The minimum atomic E-state index is -0.190. The monoisotopic (exact) mass is 382 g/mol.